The van der Waals surface area contributed by atoms with E-state index in [9.17, 15) is 13.9 Å². The monoisotopic (exact) mass is 407 g/mol. The summed E-state index contributed by atoms with van der Waals surface area (Å²) >= 11 is 7.46. The molecule has 1 N–H and O–H groups in total. The van der Waals surface area contributed by atoms with E-state index < -0.39 is 11.6 Å². The molecule has 3 aromatic carbocycles. The SMILES string of the molecule is Oc1ccccc1N(c1ccccc1S)c1c(F)cc(Br)cc1F. The van der Waals surface area contributed by atoms with Crippen molar-refractivity contribution in [1.29, 1.82) is 0 Å². The molecule has 0 saturated heterocycles. The van der Waals surface area contributed by atoms with Crippen LogP contribution in [0.5, 0.6) is 5.75 Å². The van der Waals surface area contributed by atoms with E-state index in [2.05, 4.69) is 28.6 Å². The first-order valence-electron chi connectivity index (χ1n) is 6.99. The Hall–Kier alpha value is -2.05. The number of hydrogen-bond donors (Lipinski definition) is 2. The average Bonchev–Trinajstić information content (AvgIpc) is 2.52. The molecular formula is C18H12BrF2NOS. The van der Waals surface area contributed by atoms with E-state index in [4.69, 9.17) is 0 Å². The Morgan fingerprint density at radius 3 is 2.00 bits per heavy atom. The highest BCUT2D eigenvalue weighted by molar-refractivity contribution is 9.10. The second-order valence-corrected chi connectivity index (χ2v) is 6.43. The van der Waals surface area contributed by atoms with Crippen LogP contribution in [0.15, 0.2) is 70.0 Å². The summed E-state index contributed by atoms with van der Waals surface area (Å²) in [6, 6.07) is 15.6. The number of rotatable bonds is 3. The van der Waals surface area contributed by atoms with Crippen molar-refractivity contribution in [3.05, 3.63) is 76.8 Å². The zero-order valence-electron chi connectivity index (χ0n) is 12.2. The minimum absolute atomic E-state index is 0.101. The second-order valence-electron chi connectivity index (χ2n) is 5.03. The highest BCUT2D eigenvalue weighted by Crippen LogP contribution is 2.44. The summed E-state index contributed by atoms with van der Waals surface area (Å²) in [6.07, 6.45) is 0. The molecule has 0 aliphatic heterocycles. The van der Waals surface area contributed by atoms with Crippen LogP contribution in [0.4, 0.5) is 25.8 Å². The summed E-state index contributed by atoms with van der Waals surface area (Å²) in [5.74, 6) is -1.63. The van der Waals surface area contributed by atoms with Gasteiger partial charge in [0.2, 0.25) is 0 Å². The van der Waals surface area contributed by atoms with E-state index in [0.717, 1.165) is 0 Å². The Balaban J connectivity index is 2.33. The van der Waals surface area contributed by atoms with Gasteiger partial charge in [0.15, 0.2) is 11.6 Å². The Kier molecular flexibility index (Phi) is 4.78. The van der Waals surface area contributed by atoms with E-state index in [1.165, 1.54) is 23.1 Å². The molecule has 0 heterocycles. The summed E-state index contributed by atoms with van der Waals surface area (Å²) in [4.78, 5) is 1.83. The van der Waals surface area contributed by atoms with Crippen molar-refractivity contribution in [3.8, 4) is 5.75 Å². The molecule has 122 valence electrons. The van der Waals surface area contributed by atoms with E-state index in [1.54, 1.807) is 42.5 Å². The predicted octanol–water partition coefficient (Wildman–Crippen LogP) is 6.19. The first-order chi connectivity index (χ1) is 11.5. The summed E-state index contributed by atoms with van der Waals surface area (Å²) < 4.78 is 29.4. The lowest BCUT2D eigenvalue weighted by Crippen LogP contribution is -2.14. The van der Waals surface area contributed by atoms with Crippen molar-refractivity contribution >= 4 is 45.6 Å². The number of halogens is 3. The lowest BCUT2D eigenvalue weighted by molar-refractivity contribution is 0.476. The van der Waals surface area contributed by atoms with Gasteiger partial charge in [-0.25, -0.2) is 8.78 Å². The molecule has 2 nitrogen and oxygen atoms in total. The van der Waals surface area contributed by atoms with Crippen LogP contribution in [0.3, 0.4) is 0 Å². The molecule has 0 amide bonds. The summed E-state index contributed by atoms with van der Waals surface area (Å²) in [5.41, 5.74) is 0.405. The van der Waals surface area contributed by atoms with Gasteiger partial charge in [0.25, 0.3) is 0 Å². The molecule has 6 heteroatoms. The molecule has 0 fully saturated rings. The van der Waals surface area contributed by atoms with Gasteiger partial charge >= 0.3 is 0 Å². The molecule has 0 spiro atoms. The summed E-state index contributed by atoms with van der Waals surface area (Å²) in [7, 11) is 0. The molecule has 0 atom stereocenters. The second kappa shape index (κ2) is 6.83. The Labute approximate surface area is 151 Å². The van der Waals surface area contributed by atoms with Gasteiger partial charge in [0.1, 0.15) is 11.4 Å². The van der Waals surface area contributed by atoms with Crippen LogP contribution in [-0.4, -0.2) is 5.11 Å². The average molecular weight is 408 g/mol. The first kappa shape index (κ1) is 16.8. The number of benzene rings is 3. The normalized spacial score (nSPS) is 10.7. The van der Waals surface area contributed by atoms with Crippen LogP contribution in [0.2, 0.25) is 0 Å². The van der Waals surface area contributed by atoms with Crippen LogP contribution >= 0.6 is 28.6 Å². The number of thiol groups is 1. The minimum atomic E-state index is -0.762. The van der Waals surface area contributed by atoms with E-state index >= 15 is 0 Å². The molecule has 0 bridgehead atoms. The van der Waals surface area contributed by atoms with E-state index in [0.29, 0.717) is 10.6 Å². The third-order valence-corrected chi connectivity index (χ3v) is 4.29. The summed E-state index contributed by atoms with van der Waals surface area (Å²) in [5, 5.41) is 10.2. The predicted molar refractivity (Wildman–Crippen MR) is 97.7 cm³/mol. The molecule has 0 aliphatic carbocycles. The molecule has 0 unspecified atom stereocenters. The van der Waals surface area contributed by atoms with Crippen molar-refractivity contribution in [2.45, 2.75) is 4.90 Å². The molecule has 0 radical (unpaired) electrons. The van der Waals surface area contributed by atoms with E-state index in [1.807, 2.05) is 0 Å². The van der Waals surface area contributed by atoms with Gasteiger partial charge in [-0.1, -0.05) is 40.2 Å². The van der Waals surface area contributed by atoms with Gasteiger partial charge in [-0.3, -0.25) is 0 Å². The maximum atomic E-state index is 14.6. The lowest BCUT2D eigenvalue weighted by atomic mass is 10.1. The van der Waals surface area contributed by atoms with Gasteiger partial charge < -0.3 is 10.0 Å². The highest BCUT2D eigenvalue weighted by atomic mass is 79.9. The fraction of sp³-hybridized carbons (Fsp3) is 0. The maximum Gasteiger partial charge on any atom is 0.151 e. The van der Waals surface area contributed by atoms with E-state index in [-0.39, 0.29) is 21.6 Å². The van der Waals surface area contributed by atoms with Crippen molar-refractivity contribution in [2.24, 2.45) is 0 Å². The molecule has 0 saturated carbocycles. The number of aromatic hydroxyl groups is 1. The van der Waals surface area contributed by atoms with Crippen LogP contribution in [-0.2, 0) is 0 Å². The smallest absolute Gasteiger partial charge is 0.151 e. The molecule has 24 heavy (non-hydrogen) atoms. The number of phenols is 1. The summed E-state index contributed by atoms with van der Waals surface area (Å²) in [6.45, 7) is 0. The number of nitrogens with zero attached hydrogens (tertiary/aromatic N) is 1. The molecule has 3 rings (SSSR count). The van der Waals surface area contributed by atoms with Gasteiger partial charge in [-0.05, 0) is 36.4 Å². The standard InChI is InChI=1S/C18H12BrF2NOS/c19-11-9-12(20)18(13(21)10-11)22(14-5-1-3-7-16(14)23)15-6-2-4-8-17(15)24/h1-10,23-24H. The van der Waals surface area contributed by atoms with Gasteiger partial charge in [-0.2, -0.15) is 0 Å². The van der Waals surface area contributed by atoms with Gasteiger partial charge in [-0.15, -0.1) is 12.6 Å². The number of para-hydroxylation sites is 3. The first-order valence-corrected chi connectivity index (χ1v) is 8.23. The van der Waals surface area contributed by atoms with Gasteiger partial charge in [0, 0.05) is 9.37 Å². The Bertz CT molecular complexity index is 835. The third-order valence-electron chi connectivity index (χ3n) is 3.45. The topological polar surface area (TPSA) is 23.5 Å². The zero-order valence-corrected chi connectivity index (χ0v) is 14.7. The molecule has 0 aromatic heterocycles. The molecule has 0 aliphatic rings. The lowest BCUT2D eigenvalue weighted by Gasteiger charge is -2.27. The van der Waals surface area contributed by atoms with Crippen LogP contribution in [0.1, 0.15) is 0 Å². The molecule has 3 aromatic rings. The van der Waals surface area contributed by atoms with Gasteiger partial charge in [0.05, 0.1) is 11.4 Å². The maximum absolute atomic E-state index is 14.6. The van der Waals surface area contributed by atoms with Crippen molar-refractivity contribution < 1.29 is 13.9 Å². The van der Waals surface area contributed by atoms with Crippen molar-refractivity contribution in [3.63, 3.8) is 0 Å². The third kappa shape index (κ3) is 3.12. The minimum Gasteiger partial charge on any atom is -0.506 e. The van der Waals surface area contributed by atoms with Crippen LogP contribution in [0, 0.1) is 11.6 Å². The van der Waals surface area contributed by atoms with Crippen molar-refractivity contribution in [2.75, 3.05) is 4.90 Å². The fourth-order valence-electron chi connectivity index (χ4n) is 2.43. The number of hydrogen-bond acceptors (Lipinski definition) is 3. The highest BCUT2D eigenvalue weighted by Gasteiger charge is 2.24. The number of anilines is 3. The van der Waals surface area contributed by atoms with Crippen molar-refractivity contribution in [1.82, 2.24) is 0 Å². The quantitative estimate of drug-likeness (QED) is 0.505. The fourth-order valence-corrected chi connectivity index (χ4v) is 3.09. The van der Waals surface area contributed by atoms with Crippen LogP contribution < -0.4 is 4.90 Å². The number of phenolic OH excluding ortho intramolecular Hbond substituents is 1. The zero-order chi connectivity index (χ0) is 17.3. The largest absolute Gasteiger partial charge is 0.506 e. The Morgan fingerprint density at radius 2 is 1.42 bits per heavy atom. The van der Waals surface area contributed by atoms with Crippen LogP contribution in [0.25, 0.3) is 0 Å². The Morgan fingerprint density at radius 1 is 0.875 bits per heavy atom. The molecular weight excluding hydrogens is 396 g/mol.